The predicted molar refractivity (Wildman–Crippen MR) is 141 cm³/mol. The van der Waals surface area contributed by atoms with Crippen molar-refractivity contribution in [2.75, 3.05) is 13.7 Å². The Morgan fingerprint density at radius 3 is 2.45 bits per heavy atom. The Hall–Kier alpha value is -1.11. The maximum atomic E-state index is 12.4. The topological polar surface area (TPSA) is 155 Å². The highest BCUT2D eigenvalue weighted by Gasteiger charge is 2.73. The Kier molecular flexibility index (Phi) is 7.23. The molecule has 0 bridgehead atoms. The summed E-state index contributed by atoms with van der Waals surface area (Å²) in [6, 6.07) is 0. The zero-order valence-electron chi connectivity index (χ0n) is 23.9. The van der Waals surface area contributed by atoms with Crippen molar-refractivity contribution in [2.45, 2.75) is 120 Å². The lowest BCUT2D eigenvalue weighted by Gasteiger charge is -2.65. The summed E-state index contributed by atoms with van der Waals surface area (Å²) in [5.41, 5.74) is -1.71. The third-order valence-corrected chi connectivity index (χ3v) is 12.4. The van der Waals surface area contributed by atoms with E-state index in [0.29, 0.717) is 17.9 Å². The van der Waals surface area contributed by atoms with Crippen molar-refractivity contribution in [3.05, 3.63) is 11.6 Å². The molecule has 0 unspecified atom stereocenters. The van der Waals surface area contributed by atoms with E-state index in [2.05, 4.69) is 6.92 Å². The van der Waals surface area contributed by atoms with Gasteiger partial charge >= 0.3 is 5.97 Å². The molecule has 5 N–H and O–H groups in total. The maximum absolute atomic E-state index is 12.4. The van der Waals surface area contributed by atoms with Crippen LogP contribution in [-0.4, -0.2) is 99.8 Å². The number of methoxy groups -OCH3 is 1. The first-order valence-electron chi connectivity index (χ1n) is 15.0. The molecule has 0 aromatic rings. The van der Waals surface area contributed by atoms with Crippen LogP contribution in [0.15, 0.2) is 11.6 Å². The van der Waals surface area contributed by atoms with E-state index in [4.69, 9.17) is 18.9 Å². The van der Waals surface area contributed by atoms with Crippen molar-refractivity contribution in [1.29, 1.82) is 0 Å². The van der Waals surface area contributed by atoms with E-state index in [1.165, 1.54) is 13.2 Å². The minimum absolute atomic E-state index is 0.0752. The quantitative estimate of drug-likeness (QED) is 0.246. The van der Waals surface area contributed by atoms with Gasteiger partial charge in [0, 0.05) is 30.9 Å². The number of ether oxygens (including phenoxy) is 4. The van der Waals surface area contributed by atoms with Gasteiger partial charge in [-0.05, 0) is 74.2 Å². The summed E-state index contributed by atoms with van der Waals surface area (Å²) in [5, 5.41) is 56.4. The molecule has 2 heterocycles. The van der Waals surface area contributed by atoms with Crippen LogP contribution < -0.4 is 0 Å². The molecule has 0 radical (unpaired) electrons. The average Bonchev–Trinajstić information content (AvgIpc) is 3.41. The van der Waals surface area contributed by atoms with Crippen LogP contribution in [0, 0.1) is 34.5 Å². The van der Waals surface area contributed by atoms with Crippen LogP contribution in [0.4, 0.5) is 0 Å². The standard InChI is InChI=1S/C30H46O10/c1-14-24(34)26(37-4)25(35)27(39-14)40-17-7-8-28(2)16(10-17)5-6-18-19(28)11-21(32)29(3)23(15-9-22(33)38-13-15)20(31)12-30(18,29)36/h9,14,16-21,23-27,31-32,34-36H,5-8,10-13H2,1-4H3/t14-,16-,17+,18-,19+,20+,21-,23+,24+,25-,26+,27+,28+,29-,30+/m1/s1. The summed E-state index contributed by atoms with van der Waals surface area (Å²) in [6.45, 7) is 6.00. The number of esters is 1. The summed E-state index contributed by atoms with van der Waals surface area (Å²) in [6.07, 6.45) is 0.105. The number of carbonyl (C=O) groups excluding carboxylic acids is 1. The predicted octanol–water partition coefficient (Wildman–Crippen LogP) is 1.05. The number of aliphatic hydroxyl groups is 5. The van der Waals surface area contributed by atoms with E-state index in [-0.39, 0.29) is 36.4 Å². The van der Waals surface area contributed by atoms with Crippen molar-refractivity contribution >= 4 is 5.97 Å². The molecular weight excluding hydrogens is 520 g/mol. The van der Waals surface area contributed by atoms with Gasteiger partial charge in [0.25, 0.3) is 0 Å². The third-order valence-electron chi connectivity index (χ3n) is 12.4. The number of fused-ring (bicyclic) bond motifs is 5. The lowest BCUT2D eigenvalue weighted by atomic mass is 9.42. The van der Waals surface area contributed by atoms with Crippen LogP contribution in [0.25, 0.3) is 0 Å². The molecule has 15 atom stereocenters. The Labute approximate surface area is 235 Å². The van der Waals surface area contributed by atoms with Gasteiger partial charge < -0.3 is 44.5 Å². The molecule has 10 heteroatoms. The largest absolute Gasteiger partial charge is 0.458 e. The second kappa shape index (κ2) is 9.98. The summed E-state index contributed by atoms with van der Waals surface area (Å²) < 4.78 is 22.6. The summed E-state index contributed by atoms with van der Waals surface area (Å²) in [5.74, 6) is -0.669. The van der Waals surface area contributed by atoms with Crippen LogP contribution in [-0.2, 0) is 23.7 Å². The Morgan fingerprint density at radius 1 is 1.02 bits per heavy atom. The van der Waals surface area contributed by atoms with Crippen LogP contribution >= 0.6 is 0 Å². The SMILES string of the molecule is CO[C@H]1[C@@H](O)[C@@H](C)O[C@@H](O[C@H]2CC[C@@]3(C)[C@H](CC[C@@H]4[C@@H]3C[C@@H](O)[C@]3(C)[C@@H](C5=CC(=O)OC5)[C@@H](O)C[C@]43O)C2)[C@@H]1O. The number of aliphatic hydroxyl groups excluding tert-OH is 4. The minimum atomic E-state index is -1.26. The molecule has 1 saturated heterocycles. The van der Waals surface area contributed by atoms with E-state index in [1.54, 1.807) is 6.92 Å². The molecule has 10 nitrogen and oxygen atoms in total. The first-order chi connectivity index (χ1) is 18.8. The molecule has 5 fully saturated rings. The lowest BCUT2D eigenvalue weighted by Crippen LogP contribution is -2.67. The van der Waals surface area contributed by atoms with E-state index in [0.717, 1.165) is 32.1 Å². The fourth-order valence-electron chi connectivity index (χ4n) is 10.1. The van der Waals surface area contributed by atoms with Gasteiger partial charge in [0.1, 0.15) is 24.9 Å². The van der Waals surface area contributed by atoms with Gasteiger partial charge in [-0.1, -0.05) is 13.8 Å². The van der Waals surface area contributed by atoms with Crippen molar-refractivity contribution in [2.24, 2.45) is 34.5 Å². The zero-order valence-corrected chi connectivity index (χ0v) is 23.9. The second-order valence-corrected chi connectivity index (χ2v) is 14.0. The van der Waals surface area contributed by atoms with E-state index in [1.807, 2.05) is 6.92 Å². The van der Waals surface area contributed by atoms with Gasteiger partial charge in [0.15, 0.2) is 6.29 Å². The molecular formula is C30H46O10. The first kappa shape index (κ1) is 29.0. The second-order valence-electron chi connectivity index (χ2n) is 14.0. The van der Waals surface area contributed by atoms with Crippen LogP contribution in [0.5, 0.6) is 0 Å². The molecule has 4 aliphatic carbocycles. The third kappa shape index (κ3) is 4.01. The molecule has 4 saturated carbocycles. The molecule has 226 valence electrons. The Balaban J connectivity index is 1.20. The van der Waals surface area contributed by atoms with Crippen LogP contribution in [0.3, 0.4) is 0 Å². The molecule has 40 heavy (non-hydrogen) atoms. The van der Waals surface area contributed by atoms with Crippen LogP contribution in [0.2, 0.25) is 0 Å². The van der Waals surface area contributed by atoms with Crippen molar-refractivity contribution in [3.63, 3.8) is 0 Å². The summed E-state index contributed by atoms with van der Waals surface area (Å²) in [7, 11) is 1.46. The highest BCUT2D eigenvalue weighted by molar-refractivity contribution is 5.85. The number of hydrogen-bond donors (Lipinski definition) is 5. The Bertz CT molecular complexity index is 1030. The fraction of sp³-hybridized carbons (Fsp3) is 0.900. The van der Waals surface area contributed by atoms with Gasteiger partial charge in [-0.15, -0.1) is 0 Å². The zero-order chi connectivity index (χ0) is 28.8. The highest BCUT2D eigenvalue weighted by Crippen LogP contribution is 2.70. The molecule has 0 aromatic carbocycles. The number of hydrogen-bond acceptors (Lipinski definition) is 10. The molecule has 0 amide bonds. The van der Waals surface area contributed by atoms with Gasteiger partial charge in [0.05, 0.1) is 30.0 Å². The number of carbonyl (C=O) groups is 1. The molecule has 6 aliphatic rings. The summed E-state index contributed by atoms with van der Waals surface area (Å²) >= 11 is 0. The molecule has 0 spiro atoms. The Morgan fingerprint density at radius 2 is 1.77 bits per heavy atom. The minimum Gasteiger partial charge on any atom is -0.458 e. The smallest absolute Gasteiger partial charge is 0.331 e. The summed E-state index contributed by atoms with van der Waals surface area (Å²) in [4.78, 5) is 11.8. The van der Waals surface area contributed by atoms with Gasteiger partial charge in [-0.2, -0.15) is 0 Å². The first-order valence-corrected chi connectivity index (χ1v) is 15.0. The van der Waals surface area contributed by atoms with E-state index < -0.39 is 65.8 Å². The van der Waals surface area contributed by atoms with Crippen molar-refractivity contribution < 1.29 is 49.3 Å². The lowest BCUT2D eigenvalue weighted by molar-refractivity contribution is -0.314. The highest BCUT2D eigenvalue weighted by atomic mass is 16.7. The van der Waals surface area contributed by atoms with Gasteiger partial charge in [-0.25, -0.2) is 4.79 Å². The van der Waals surface area contributed by atoms with E-state index >= 15 is 0 Å². The number of cyclic esters (lactones) is 1. The molecule has 6 rings (SSSR count). The monoisotopic (exact) mass is 566 g/mol. The average molecular weight is 567 g/mol. The van der Waals surface area contributed by atoms with E-state index in [9.17, 15) is 30.3 Å². The van der Waals surface area contributed by atoms with Crippen molar-refractivity contribution in [3.8, 4) is 0 Å². The van der Waals surface area contributed by atoms with Crippen molar-refractivity contribution in [1.82, 2.24) is 0 Å². The molecule has 2 aliphatic heterocycles. The normalized spacial score (nSPS) is 56.1. The van der Waals surface area contributed by atoms with Crippen LogP contribution in [0.1, 0.15) is 65.7 Å². The van der Waals surface area contributed by atoms with Gasteiger partial charge in [-0.3, -0.25) is 0 Å². The number of rotatable bonds is 4. The maximum Gasteiger partial charge on any atom is 0.331 e. The fourth-order valence-corrected chi connectivity index (χ4v) is 10.1. The molecule has 0 aromatic heterocycles. The van der Waals surface area contributed by atoms with Gasteiger partial charge in [0.2, 0.25) is 0 Å².